The standard InChI is InChI=1S/C14H17FN2/c1-9-11(4-5-14(16)6-7-14)12-3-2-10(15)8-13(12)17-9/h2-3,8,17H,4-7,16H2,1H3. The Kier molecular flexibility index (Phi) is 2.26. The second-order valence-corrected chi connectivity index (χ2v) is 5.28. The van der Waals surface area contributed by atoms with E-state index in [4.69, 9.17) is 5.73 Å². The molecule has 1 aliphatic carbocycles. The molecule has 1 saturated carbocycles. The minimum atomic E-state index is -0.192. The number of hydrogen-bond donors (Lipinski definition) is 2. The van der Waals surface area contributed by atoms with E-state index in [1.807, 2.05) is 13.0 Å². The predicted molar refractivity (Wildman–Crippen MR) is 67.5 cm³/mol. The van der Waals surface area contributed by atoms with Crippen LogP contribution in [-0.4, -0.2) is 10.5 Å². The lowest BCUT2D eigenvalue weighted by Crippen LogP contribution is -2.22. The Labute approximate surface area is 100 Å². The van der Waals surface area contributed by atoms with Gasteiger partial charge in [-0.15, -0.1) is 0 Å². The maximum absolute atomic E-state index is 13.1. The summed E-state index contributed by atoms with van der Waals surface area (Å²) in [6, 6.07) is 4.94. The molecule has 90 valence electrons. The number of nitrogens with two attached hydrogens (primary N) is 1. The van der Waals surface area contributed by atoms with Crippen molar-refractivity contribution in [2.75, 3.05) is 0 Å². The summed E-state index contributed by atoms with van der Waals surface area (Å²) in [4.78, 5) is 3.24. The first-order valence-corrected chi connectivity index (χ1v) is 6.13. The van der Waals surface area contributed by atoms with Crippen LogP contribution in [0.25, 0.3) is 10.9 Å². The van der Waals surface area contributed by atoms with Gasteiger partial charge < -0.3 is 10.7 Å². The van der Waals surface area contributed by atoms with Crippen molar-refractivity contribution in [3.05, 3.63) is 35.3 Å². The number of nitrogens with one attached hydrogen (secondary N) is 1. The largest absolute Gasteiger partial charge is 0.358 e. The van der Waals surface area contributed by atoms with Crippen LogP contribution in [0.15, 0.2) is 18.2 Å². The summed E-state index contributed by atoms with van der Waals surface area (Å²) >= 11 is 0. The SMILES string of the molecule is Cc1[nH]c2cc(F)ccc2c1CCC1(N)CC1. The minimum absolute atomic E-state index is 0.0794. The number of aromatic nitrogens is 1. The summed E-state index contributed by atoms with van der Waals surface area (Å²) in [6.45, 7) is 2.04. The molecule has 1 aromatic carbocycles. The van der Waals surface area contributed by atoms with Crippen LogP contribution < -0.4 is 5.73 Å². The smallest absolute Gasteiger partial charge is 0.125 e. The van der Waals surface area contributed by atoms with Crippen molar-refractivity contribution in [3.8, 4) is 0 Å². The second-order valence-electron chi connectivity index (χ2n) is 5.28. The zero-order chi connectivity index (χ0) is 12.0. The summed E-state index contributed by atoms with van der Waals surface area (Å²) in [6.07, 6.45) is 4.29. The topological polar surface area (TPSA) is 41.8 Å². The second kappa shape index (κ2) is 3.57. The van der Waals surface area contributed by atoms with Gasteiger partial charge in [-0.05, 0) is 56.4 Å². The molecule has 1 fully saturated rings. The van der Waals surface area contributed by atoms with Gasteiger partial charge in [0, 0.05) is 22.1 Å². The van der Waals surface area contributed by atoms with Gasteiger partial charge in [-0.1, -0.05) is 0 Å². The Morgan fingerprint density at radius 3 is 2.88 bits per heavy atom. The fourth-order valence-corrected chi connectivity index (χ4v) is 2.47. The summed E-state index contributed by atoms with van der Waals surface area (Å²) < 4.78 is 13.1. The van der Waals surface area contributed by atoms with Crippen LogP contribution in [0.3, 0.4) is 0 Å². The Morgan fingerprint density at radius 2 is 2.18 bits per heavy atom. The van der Waals surface area contributed by atoms with E-state index in [2.05, 4.69) is 4.98 Å². The van der Waals surface area contributed by atoms with E-state index >= 15 is 0 Å². The van der Waals surface area contributed by atoms with Gasteiger partial charge in [0.15, 0.2) is 0 Å². The quantitative estimate of drug-likeness (QED) is 0.839. The lowest BCUT2D eigenvalue weighted by Gasteiger charge is -2.08. The van der Waals surface area contributed by atoms with Crippen molar-refractivity contribution in [2.45, 2.75) is 38.1 Å². The Hall–Kier alpha value is -1.35. The van der Waals surface area contributed by atoms with Gasteiger partial charge in [0.1, 0.15) is 5.82 Å². The van der Waals surface area contributed by atoms with Gasteiger partial charge >= 0.3 is 0 Å². The van der Waals surface area contributed by atoms with Gasteiger partial charge in [-0.3, -0.25) is 0 Å². The zero-order valence-corrected chi connectivity index (χ0v) is 10.0. The van der Waals surface area contributed by atoms with Crippen LogP contribution in [0, 0.1) is 12.7 Å². The molecule has 0 amide bonds. The van der Waals surface area contributed by atoms with Gasteiger partial charge in [0.25, 0.3) is 0 Å². The van der Waals surface area contributed by atoms with Crippen LogP contribution in [0.5, 0.6) is 0 Å². The normalized spacial score (nSPS) is 17.6. The Balaban J connectivity index is 1.94. The van der Waals surface area contributed by atoms with Gasteiger partial charge in [-0.2, -0.15) is 0 Å². The third kappa shape index (κ3) is 1.95. The molecule has 3 rings (SSSR count). The first-order valence-electron chi connectivity index (χ1n) is 6.13. The number of H-pyrrole nitrogens is 1. The maximum Gasteiger partial charge on any atom is 0.125 e. The van der Waals surface area contributed by atoms with Crippen molar-refractivity contribution in [1.29, 1.82) is 0 Å². The zero-order valence-electron chi connectivity index (χ0n) is 10.0. The number of fused-ring (bicyclic) bond motifs is 1. The summed E-state index contributed by atoms with van der Waals surface area (Å²) in [5, 5.41) is 1.13. The van der Waals surface area contributed by atoms with Crippen LogP contribution >= 0.6 is 0 Å². The summed E-state index contributed by atoms with van der Waals surface area (Å²) in [7, 11) is 0. The fraction of sp³-hybridized carbons (Fsp3) is 0.429. The molecule has 0 spiro atoms. The first-order chi connectivity index (χ1) is 8.07. The molecule has 0 bridgehead atoms. The molecule has 2 aromatic rings. The van der Waals surface area contributed by atoms with Crippen LogP contribution in [-0.2, 0) is 6.42 Å². The molecule has 1 aromatic heterocycles. The molecule has 1 aliphatic rings. The lowest BCUT2D eigenvalue weighted by atomic mass is 10.0. The molecule has 0 unspecified atom stereocenters. The fourth-order valence-electron chi connectivity index (χ4n) is 2.47. The van der Waals surface area contributed by atoms with Gasteiger partial charge in [0.05, 0.1) is 0 Å². The molecule has 0 aliphatic heterocycles. The summed E-state index contributed by atoms with van der Waals surface area (Å²) in [5.74, 6) is -0.192. The predicted octanol–water partition coefficient (Wildman–Crippen LogP) is 3.04. The van der Waals surface area contributed by atoms with Crippen LogP contribution in [0.2, 0.25) is 0 Å². The van der Waals surface area contributed by atoms with Crippen molar-refractivity contribution in [1.82, 2.24) is 4.98 Å². The van der Waals surface area contributed by atoms with E-state index < -0.39 is 0 Å². The molecule has 1 heterocycles. The van der Waals surface area contributed by atoms with Crippen molar-refractivity contribution in [2.24, 2.45) is 5.73 Å². The number of halogens is 1. The van der Waals surface area contributed by atoms with Crippen molar-refractivity contribution in [3.63, 3.8) is 0 Å². The number of hydrogen-bond acceptors (Lipinski definition) is 1. The molecular weight excluding hydrogens is 215 g/mol. The van der Waals surface area contributed by atoms with E-state index in [-0.39, 0.29) is 11.4 Å². The van der Waals surface area contributed by atoms with Crippen LogP contribution in [0.4, 0.5) is 4.39 Å². The number of aromatic amines is 1. The maximum atomic E-state index is 13.1. The van der Waals surface area contributed by atoms with Gasteiger partial charge in [0.2, 0.25) is 0 Å². The molecule has 0 atom stereocenters. The molecule has 3 N–H and O–H groups in total. The van der Waals surface area contributed by atoms with Crippen molar-refractivity contribution < 1.29 is 4.39 Å². The van der Waals surface area contributed by atoms with E-state index in [0.29, 0.717) is 0 Å². The number of rotatable bonds is 3. The number of aryl methyl sites for hydroxylation is 2. The molecule has 3 heteroatoms. The van der Waals surface area contributed by atoms with E-state index in [1.54, 1.807) is 6.07 Å². The van der Waals surface area contributed by atoms with E-state index in [9.17, 15) is 4.39 Å². The van der Waals surface area contributed by atoms with Crippen molar-refractivity contribution >= 4 is 10.9 Å². The molecule has 17 heavy (non-hydrogen) atoms. The van der Waals surface area contributed by atoms with E-state index in [0.717, 1.165) is 42.3 Å². The first kappa shape index (κ1) is 10.8. The Bertz CT molecular complexity index is 567. The third-order valence-corrected chi connectivity index (χ3v) is 3.85. The molecular formula is C14H17FN2. The number of benzene rings is 1. The van der Waals surface area contributed by atoms with Crippen LogP contribution in [0.1, 0.15) is 30.5 Å². The highest BCUT2D eigenvalue weighted by molar-refractivity contribution is 5.84. The average molecular weight is 232 g/mol. The molecule has 0 saturated heterocycles. The lowest BCUT2D eigenvalue weighted by molar-refractivity contribution is 0.609. The molecule has 0 radical (unpaired) electrons. The highest BCUT2D eigenvalue weighted by Crippen LogP contribution is 2.37. The molecule has 2 nitrogen and oxygen atoms in total. The van der Waals surface area contributed by atoms with E-state index in [1.165, 1.54) is 11.6 Å². The third-order valence-electron chi connectivity index (χ3n) is 3.85. The van der Waals surface area contributed by atoms with Gasteiger partial charge in [-0.25, -0.2) is 4.39 Å². The minimum Gasteiger partial charge on any atom is -0.358 e. The monoisotopic (exact) mass is 232 g/mol. The Morgan fingerprint density at radius 1 is 1.41 bits per heavy atom. The average Bonchev–Trinajstić information content (AvgIpc) is 2.91. The highest BCUT2D eigenvalue weighted by atomic mass is 19.1. The summed E-state index contributed by atoms with van der Waals surface area (Å²) in [5.41, 5.74) is 9.50. The highest BCUT2D eigenvalue weighted by Gasteiger charge is 2.37.